The first kappa shape index (κ1) is 25.5. The molecule has 176 valence electrons. The van der Waals surface area contributed by atoms with Gasteiger partial charge >= 0.3 is 7.60 Å². The summed E-state index contributed by atoms with van der Waals surface area (Å²) in [4.78, 5) is 4.65. The van der Waals surface area contributed by atoms with Gasteiger partial charge in [0, 0.05) is 17.8 Å². The summed E-state index contributed by atoms with van der Waals surface area (Å²) in [7, 11) is 2.81. The largest absolute Gasteiger partial charge is 0.493 e. The van der Waals surface area contributed by atoms with Crippen LogP contribution >= 0.6 is 7.60 Å². The monoisotopic (exact) mass is 466 g/mol. The van der Waals surface area contributed by atoms with Gasteiger partial charge in [-0.15, -0.1) is 0 Å². The van der Waals surface area contributed by atoms with Crippen LogP contribution in [0.15, 0.2) is 41.4 Å². The molecule has 0 spiro atoms. The van der Waals surface area contributed by atoms with Gasteiger partial charge in [-0.1, -0.05) is 0 Å². The molecule has 0 aromatic heterocycles. The number of nitrogens with one attached hydrogen (secondary N) is 1. The SMILES string of the molecule is CCOP(=O)(CC(=Nc1ccc(OC)c(OC)c1)Nc1ccc(OC)c(OC)c1)OCC. The molecule has 2 aromatic carbocycles. The fraction of sp³-hybridized carbons (Fsp3) is 0.409. The van der Waals surface area contributed by atoms with Crippen LogP contribution in [0.2, 0.25) is 0 Å². The van der Waals surface area contributed by atoms with E-state index < -0.39 is 7.60 Å². The molecule has 0 heterocycles. The molecule has 0 aliphatic carbocycles. The lowest BCUT2D eigenvalue weighted by Crippen LogP contribution is -2.19. The summed E-state index contributed by atoms with van der Waals surface area (Å²) < 4.78 is 45.4. The molecule has 0 bridgehead atoms. The van der Waals surface area contributed by atoms with E-state index in [0.717, 1.165) is 0 Å². The van der Waals surface area contributed by atoms with Crippen LogP contribution in [0.25, 0.3) is 0 Å². The summed E-state index contributed by atoms with van der Waals surface area (Å²) in [6.45, 7) is 4.02. The third-order valence-corrected chi connectivity index (χ3v) is 6.29. The number of aliphatic imine (C=N–C) groups is 1. The average molecular weight is 466 g/mol. The topological polar surface area (TPSA) is 96.8 Å². The molecule has 0 amide bonds. The predicted octanol–water partition coefficient (Wildman–Crippen LogP) is 5.13. The fourth-order valence-electron chi connectivity index (χ4n) is 2.94. The van der Waals surface area contributed by atoms with E-state index in [2.05, 4.69) is 10.3 Å². The second-order valence-corrected chi connectivity index (χ2v) is 8.45. The van der Waals surface area contributed by atoms with Crippen LogP contribution in [0.1, 0.15) is 13.8 Å². The number of anilines is 1. The minimum atomic E-state index is -3.42. The summed E-state index contributed by atoms with van der Waals surface area (Å²) in [6.07, 6.45) is -0.0582. The summed E-state index contributed by atoms with van der Waals surface area (Å²) in [5.41, 5.74) is 1.24. The van der Waals surface area contributed by atoms with Crippen LogP contribution in [0, 0.1) is 0 Å². The Morgan fingerprint density at radius 3 is 1.88 bits per heavy atom. The van der Waals surface area contributed by atoms with Gasteiger partial charge in [0.25, 0.3) is 0 Å². The van der Waals surface area contributed by atoms with E-state index in [-0.39, 0.29) is 19.4 Å². The Balaban J connectivity index is 2.47. The van der Waals surface area contributed by atoms with E-state index in [1.165, 1.54) is 0 Å². The van der Waals surface area contributed by atoms with Crippen molar-refractivity contribution in [1.82, 2.24) is 0 Å². The van der Waals surface area contributed by atoms with Crippen LogP contribution in [-0.4, -0.2) is 53.7 Å². The van der Waals surface area contributed by atoms with E-state index in [0.29, 0.717) is 40.2 Å². The lowest BCUT2D eigenvalue weighted by Gasteiger charge is -2.19. The molecule has 1 N–H and O–H groups in total. The van der Waals surface area contributed by atoms with Crippen molar-refractivity contribution in [3.63, 3.8) is 0 Å². The predicted molar refractivity (Wildman–Crippen MR) is 126 cm³/mol. The number of nitrogens with zero attached hydrogens (tertiary/aromatic N) is 1. The van der Waals surface area contributed by atoms with Gasteiger partial charge in [0.2, 0.25) is 0 Å². The molecule has 0 aliphatic heterocycles. The van der Waals surface area contributed by atoms with Gasteiger partial charge in [0.05, 0.1) is 47.3 Å². The van der Waals surface area contributed by atoms with E-state index in [4.69, 9.17) is 28.0 Å². The molecular weight excluding hydrogens is 435 g/mol. The van der Waals surface area contributed by atoms with Crippen LogP contribution in [0.3, 0.4) is 0 Å². The highest BCUT2D eigenvalue weighted by atomic mass is 31.2. The first-order chi connectivity index (χ1) is 15.4. The zero-order valence-electron chi connectivity index (χ0n) is 19.3. The first-order valence-corrected chi connectivity index (χ1v) is 11.8. The minimum Gasteiger partial charge on any atom is -0.493 e. The number of rotatable bonds is 12. The van der Waals surface area contributed by atoms with Crippen molar-refractivity contribution in [2.75, 3.05) is 53.1 Å². The first-order valence-electron chi connectivity index (χ1n) is 10.1. The molecule has 10 heteroatoms. The maximum Gasteiger partial charge on any atom is 0.338 e. The number of methoxy groups -OCH3 is 4. The smallest absolute Gasteiger partial charge is 0.338 e. The highest BCUT2D eigenvalue weighted by Crippen LogP contribution is 2.48. The average Bonchev–Trinajstić information content (AvgIpc) is 2.78. The van der Waals surface area contributed by atoms with Crippen molar-refractivity contribution in [3.05, 3.63) is 36.4 Å². The zero-order valence-corrected chi connectivity index (χ0v) is 20.2. The lowest BCUT2D eigenvalue weighted by atomic mass is 10.2. The number of benzene rings is 2. The molecule has 2 rings (SSSR count). The van der Waals surface area contributed by atoms with E-state index in [1.807, 2.05) is 0 Å². The van der Waals surface area contributed by atoms with E-state index in [9.17, 15) is 4.57 Å². The Labute approximate surface area is 189 Å². The molecule has 0 aliphatic rings. The van der Waals surface area contributed by atoms with Gasteiger partial charge in [0.15, 0.2) is 23.0 Å². The second kappa shape index (κ2) is 12.3. The van der Waals surface area contributed by atoms with Gasteiger partial charge in [-0.3, -0.25) is 4.57 Å². The Bertz CT molecular complexity index is 955. The van der Waals surface area contributed by atoms with E-state index >= 15 is 0 Å². The number of hydrogen-bond donors (Lipinski definition) is 1. The van der Waals surface area contributed by atoms with Crippen molar-refractivity contribution in [3.8, 4) is 23.0 Å². The van der Waals surface area contributed by atoms with Gasteiger partial charge in [-0.2, -0.15) is 0 Å². The summed E-state index contributed by atoms with van der Waals surface area (Å²) in [6, 6.07) is 10.6. The standard InChI is InChI=1S/C22H31N2O7P/c1-7-30-32(25,31-8-2)15-22(23-16-9-11-18(26-3)20(13-16)28-5)24-17-10-12-19(27-4)21(14-17)29-6/h9-14H,7-8,15H2,1-6H3,(H,23,24). The minimum absolute atomic E-state index is 0.0582. The van der Waals surface area contributed by atoms with Gasteiger partial charge in [-0.05, 0) is 38.1 Å². The molecule has 0 fully saturated rings. The Morgan fingerprint density at radius 2 is 1.34 bits per heavy atom. The summed E-state index contributed by atoms with van der Waals surface area (Å²) in [5, 5.41) is 3.20. The van der Waals surface area contributed by atoms with Crippen molar-refractivity contribution in [2.24, 2.45) is 4.99 Å². The summed E-state index contributed by atoms with van der Waals surface area (Å²) in [5.74, 6) is 2.62. The summed E-state index contributed by atoms with van der Waals surface area (Å²) >= 11 is 0. The van der Waals surface area contributed by atoms with Crippen molar-refractivity contribution in [1.29, 1.82) is 0 Å². The third-order valence-electron chi connectivity index (χ3n) is 4.30. The van der Waals surface area contributed by atoms with Gasteiger partial charge < -0.3 is 33.3 Å². The fourth-order valence-corrected chi connectivity index (χ4v) is 4.50. The molecule has 0 saturated carbocycles. The van der Waals surface area contributed by atoms with Gasteiger partial charge in [0.1, 0.15) is 12.0 Å². The van der Waals surface area contributed by atoms with Crippen molar-refractivity contribution in [2.45, 2.75) is 13.8 Å². The van der Waals surface area contributed by atoms with Crippen LogP contribution in [-0.2, 0) is 13.6 Å². The Hall–Kier alpha value is -2.74. The maximum atomic E-state index is 13.2. The molecule has 9 nitrogen and oxygen atoms in total. The second-order valence-electron chi connectivity index (χ2n) is 6.40. The van der Waals surface area contributed by atoms with Crippen molar-refractivity contribution >= 4 is 24.8 Å². The molecule has 0 atom stereocenters. The molecule has 0 saturated heterocycles. The van der Waals surface area contributed by atoms with Gasteiger partial charge in [-0.25, -0.2) is 4.99 Å². The Kier molecular flexibility index (Phi) is 9.84. The quantitative estimate of drug-likeness (QED) is 0.261. The number of amidine groups is 1. The highest BCUT2D eigenvalue weighted by Gasteiger charge is 2.27. The Morgan fingerprint density at radius 1 is 0.812 bits per heavy atom. The normalized spacial score (nSPS) is 11.8. The molecule has 32 heavy (non-hydrogen) atoms. The maximum absolute atomic E-state index is 13.2. The molecule has 0 radical (unpaired) electrons. The van der Waals surface area contributed by atoms with E-state index in [1.54, 1.807) is 78.7 Å². The molecule has 2 aromatic rings. The third kappa shape index (κ3) is 6.88. The molecule has 0 unspecified atom stereocenters. The van der Waals surface area contributed by atoms with Crippen LogP contribution < -0.4 is 24.3 Å². The molecular formula is C22H31N2O7P. The zero-order chi connectivity index (χ0) is 23.6. The number of hydrogen-bond acceptors (Lipinski definition) is 8. The van der Waals surface area contributed by atoms with Crippen LogP contribution in [0.4, 0.5) is 11.4 Å². The number of ether oxygens (including phenoxy) is 4. The lowest BCUT2D eigenvalue weighted by molar-refractivity contribution is 0.223. The highest BCUT2D eigenvalue weighted by molar-refractivity contribution is 7.55. The van der Waals surface area contributed by atoms with Crippen LogP contribution in [0.5, 0.6) is 23.0 Å². The van der Waals surface area contributed by atoms with Crippen molar-refractivity contribution < 1.29 is 32.6 Å².